The Hall–Kier alpha value is -1.61. The number of hydrogen-bond acceptors (Lipinski definition) is 3. The fourth-order valence-electron chi connectivity index (χ4n) is 1.31. The van der Waals surface area contributed by atoms with E-state index in [0.717, 1.165) is 4.47 Å². The van der Waals surface area contributed by atoms with Crippen molar-refractivity contribution in [3.8, 4) is 0 Å². The number of carboxylic acid groups (broad SMARTS) is 2. The fraction of sp³-hybridized carbons (Fsp3) is 0.182. The highest BCUT2D eigenvalue weighted by molar-refractivity contribution is 9.11. The van der Waals surface area contributed by atoms with Crippen LogP contribution in [0.5, 0.6) is 0 Å². The number of halogens is 2. The van der Waals surface area contributed by atoms with Gasteiger partial charge in [-0.3, -0.25) is 9.59 Å². The standard InChI is InChI=1S/C11H10Br2N2O5/c12-6-1-2-8(7(13)3-6)14-11(20)15(4-9(16)17)5-10(18)19/h1-3H,4-5H2,(H,14,20)(H,16,17)(H,18,19). The summed E-state index contributed by atoms with van der Waals surface area (Å²) in [4.78, 5) is 33.8. The summed E-state index contributed by atoms with van der Waals surface area (Å²) in [6, 6.07) is 4.15. The second kappa shape index (κ2) is 7.25. The van der Waals surface area contributed by atoms with Crippen molar-refractivity contribution in [1.29, 1.82) is 0 Å². The lowest BCUT2D eigenvalue weighted by atomic mass is 10.3. The molecule has 0 aliphatic carbocycles. The van der Waals surface area contributed by atoms with Crippen LogP contribution in [0.4, 0.5) is 10.5 Å². The van der Waals surface area contributed by atoms with Gasteiger partial charge in [-0.15, -0.1) is 0 Å². The molecule has 1 rings (SSSR count). The molecule has 0 saturated carbocycles. The third kappa shape index (κ3) is 5.17. The Bertz CT molecular complexity index is 534. The third-order valence-corrected chi connectivity index (χ3v) is 3.26. The first kappa shape index (κ1) is 16.4. The van der Waals surface area contributed by atoms with Crippen LogP contribution in [-0.2, 0) is 9.59 Å². The maximum absolute atomic E-state index is 11.9. The Balaban J connectivity index is 2.84. The average molecular weight is 410 g/mol. The van der Waals surface area contributed by atoms with Crippen molar-refractivity contribution in [1.82, 2.24) is 4.90 Å². The van der Waals surface area contributed by atoms with Crippen LogP contribution >= 0.6 is 31.9 Å². The van der Waals surface area contributed by atoms with Crippen LogP contribution in [0.1, 0.15) is 0 Å². The van der Waals surface area contributed by atoms with Gasteiger partial charge in [0.25, 0.3) is 0 Å². The van der Waals surface area contributed by atoms with Gasteiger partial charge >= 0.3 is 18.0 Å². The molecule has 3 N–H and O–H groups in total. The topological polar surface area (TPSA) is 107 Å². The molecule has 0 bridgehead atoms. The summed E-state index contributed by atoms with van der Waals surface area (Å²) in [5, 5.41) is 19.8. The number of anilines is 1. The molecule has 0 saturated heterocycles. The van der Waals surface area contributed by atoms with E-state index in [1.54, 1.807) is 18.2 Å². The molecule has 0 aromatic heterocycles. The summed E-state index contributed by atoms with van der Waals surface area (Å²) in [5.74, 6) is -2.59. The second-order valence-corrected chi connectivity index (χ2v) is 5.47. The van der Waals surface area contributed by atoms with Crippen LogP contribution in [0, 0.1) is 0 Å². The molecular weight excluding hydrogens is 400 g/mol. The SMILES string of the molecule is O=C(O)CN(CC(=O)O)C(=O)Nc1ccc(Br)cc1Br. The van der Waals surface area contributed by atoms with E-state index in [1.165, 1.54) is 0 Å². The minimum absolute atomic E-state index is 0.402. The first-order valence-corrected chi connectivity index (χ1v) is 6.82. The normalized spacial score (nSPS) is 9.90. The monoisotopic (exact) mass is 408 g/mol. The molecule has 2 amide bonds. The number of hydrogen-bond donors (Lipinski definition) is 3. The van der Waals surface area contributed by atoms with Crippen molar-refractivity contribution in [3.05, 3.63) is 27.1 Å². The zero-order valence-electron chi connectivity index (χ0n) is 9.97. The first-order chi connectivity index (χ1) is 9.29. The fourth-order valence-corrected chi connectivity index (χ4v) is 2.46. The predicted octanol–water partition coefficient (Wildman–Crippen LogP) is 2.21. The number of nitrogens with one attached hydrogen (secondary N) is 1. The quantitative estimate of drug-likeness (QED) is 0.691. The number of benzene rings is 1. The van der Waals surface area contributed by atoms with Crippen LogP contribution < -0.4 is 5.32 Å². The number of aliphatic carboxylic acids is 2. The molecule has 20 heavy (non-hydrogen) atoms. The van der Waals surface area contributed by atoms with Crippen LogP contribution in [-0.4, -0.2) is 46.2 Å². The molecule has 0 atom stereocenters. The predicted molar refractivity (Wildman–Crippen MR) is 77.7 cm³/mol. The summed E-state index contributed by atoms with van der Waals surface area (Å²) < 4.78 is 1.36. The van der Waals surface area contributed by atoms with Crippen molar-refractivity contribution in [3.63, 3.8) is 0 Å². The molecule has 7 nitrogen and oxygen atoms in total. The third-order valence-electron chi connectivity index (χ3n) is 2.11. The first-order valence-electron chi connectivity index (χ1n) is 5.24. The molecule has 0 aliphatic rings. The Morgan fingerprint density at radius 1 is 1.10 bits per heavy atom. The molecule has 0 spiro atoms. The molecule has 0 unspecified atom stereocenters. The molecule has 0 heterocycles. The smallest absolute Gasteiger partial charge is 0.323 e. The van der Waals surface area contributed by atoms with Crippen molar-refractivity contribution >= 4 is 55.5 Å². The average Bonchev–Trinajstić information content (AvgIpc) is 2.30. The Labute approximate surface area is 130 Å². The minimum Gasteiger partial charge on any atom is -0.480 e. The number of nitrogens with zero attached hydrogens (tertiary/aromatic N) is 1. The van der Waals surface area contributed by atoms with E-state index in [0.29, 0.717) is 15.1 Å². The molecule has 0 aliphatic heterocycles. The Morgan fingerprint density at radius 2 is 1.65 bits per heavy atom. The van der Waals surface area contributed by atoms with Crippen LogP contribution in [0.25, 0.3) is 0 Å². The molecule has 1 aromatic carbocycles. The van der Waals surface area contributed by atoms with E-state index in [4.69, 9.17) is 10.2 Å². The van der Waals surface area contributed by atoms with Crippen LogP contribution in [0.3, 0.4) is 0 Å². The van der Waals surface area contributed by atoms with E-state index in [2.05, 4.69) is 37.2 Å². The van der Waals surface area contributed by atoms with E-state index in [-0.39, 0.29) is 0 Å². The van der Waals surface area contributed by atoms with Gasteiger partial charge in [-0.25, -0.2) is 4.79 Å². The summed E-state index contributed by atoms with van der Waals surface area (Å²) in [6.07, 6.45) is 0. The number of rotatable bonds is 5. The van der Waals surface area contributed by atoms with Gasteiger partial charge in [-0.2, -0.15) is 0 Å². The lowest BCUT2D eigenvalue weighted by Gasteiger charge is -2.19. The highest BCUT2D eigenvalue weighted by atomic mass is 79.9. The van der Waals surface area contributed by atoms with E-state index < -0.39 is 31.1 Å². The van der Waals surface area contributed by atoms with E-state index in [9.17, 15) is 14.4 Å². The van der Waals surface area contributed by atoms with Crippen LogP contribution in [0.2, 0.25) is 0 Å². The number of urea groups is 1. The van der Waals surface area contributed by atoms with E-state index >= 15 is 0 Å². The Kier molecular flexibility index (Phi) is 5.96. The number of carboxylic acids is 2. The summed E-state index contributed by atoms with van der Waals surface area (Å²) in [7, 11) is 0. The zero-order chi connectivity index (χ0) is 15.3. The number of carbonyl (C=O) groups excluding carboxylic acids is 1. The summed E-state index contributed by atoms with van der Waals surface area (Å²) in [5.41, 5.74) is 0.402. The summed E-state index contributed by atoms with van der Waals surface area (Å²) in [6.45, 7) is -1.40. The lowest BCUT2D eigenvalue weighted by molar-refractivity contribution is -0.140. The highest BCUT2D eigenvalue weighted by Gasteiger charge is 2.20. The van der Waals surface area contributed by atoms with Gasteiger partial charge in [0.05, 0.1) is 5.69 Å². The molecule has 9 heteroatoms. The van der Waals surface area contributed by atoms with Gasteiger partial charge in [0.15, 0.2) is 0 Å². The molecular formula is C11H10Br2N2O5. The number of carbonyl (C=O) groups is 3. The van der Waals surface area contributed by atoms with Gasteiger partial charge in [-0.05, 0) is 34.1 Å². The van der Waals surface area contributed by atoms with Crippen molar-refractivity contribution in [2.45, 2.75) is 0 Å². The maximum atomic E-state index is 11.9. The maximum Gasteiger partial charge on any atom is 0.323 e. The highest BCUT2D eigenvalue weighted by Crippen LogP contribution is 2.26. The Morgan fingerprint density at radius 3 is 2.10 bits per heavy atom. The summed E-state index contributed by atoms with van der Waals surface area (Å²) >= 11 is 6.48. The largest absolute Gasteiger partial charge is 0.480 e. The van der Waals surface area contributed by atoms with Crippen molar-refractivity contribution in [2.75, 3.05) is 18.4 Å². The molecule has 0 radical (unpaired) electrons. The van der Waals surface area contributed by atoms with Gasteiger partial charge in [-0.1, -0.05) is 15.9 Å². The van der Waals surface area contributed by atoms with Gasteiger partial charge < -0.3 is 20.4 Å². The molecule has 108 valence electrons. The zero-order valence-corrected chi connectivity index (χ0v) is 13.1. The molecule has 1 aromatic rings. The minimum atomic E-state index is -1.30. The van der Waals surface area contributed by atoms with Crippen molar-refractivity contribution in [2.24, 2.45) is 0 Å². The van der Waals surface area contributed by atoms with Gasteiger partial charge in [0.2, 0.25) is 0 Å². The number of amides is 2. The van der Waals surface area contributed by atoms with Gasteiger partial charge in [0, 0.05) is 8.95 Å². The van der Waals surface area contributed by atoms with E-state index in [1.807, 2.05) is 0 Å². The second-order valence-electron chi connectivity index (χ2n) is 3.70. The molecule has 0 fully saturated rings. The van der Waals surface area contributed by atoms with Gasteiger partial charge in [0.1, 0.15) is 13.1 Å². The lowest BCUT2D eigenvalue weighted by Crippen LogP contribution is -2.42. The van der Waals surface area contributed by atoms with Crippen LogP contribution in [0.15, 0.2) is 27.1 Å². The van der Waals surface area contributed by atoms with Crippen molar-refractivity contribution < 1.29 is 24.6 Å².